The van der Waals surface area contributed by atoms with Crippen LogP contribution in [-0.4, -0.2) is 38.5 Å². The molecule has 0 amide bonds. The third kappa shape index (κ3) is 3.02. The molecule has 0 spiro atoms. The summed E-state index contributed by atoms with van der Waals surface area (Å²) >= 11 is 2.23. The third-order valence-electron chi connectivity index (χ3n) is 6.61. The van der Waals surface area contributed by atoms with E-state index in [1.807, 2.05) is 52.0 Å². The highest BCUT2D eigenvalue weighted by atomic mass is 127. The van der Waals surface area contributed by atoms with Crippen LogP contribution in [0.2, 0.25) is 0 Å². The van der Waals surface area contributed by atoms with E-state index in [2.05, 4.69) is 22.6 Å². The molecule has 0 radical (unpaired) electrons. The molecule has 2 aliphatic rings. The molecule has 0 saturated heterocycles. The quantitative estimate of drug-likeness (QED) is 0.431. The molecule has 31 heavy (non-hydrogen) atoms. The van der Waals surface area contributed by atoms with Gasteiger partial charge in [-0.2, -0.15) is 0 Å². The van der Waals surface area contributed by atoms with Gasteiger partial charge in [0.25, 0.3) is 0 Å². The second-order valence-corrected chi connectivity index (χ2v) is 9.28. The van der Waals surface area contributed by atoms with Gasteiger partial charge in [0.1, 0.15) is 6.61 Å². The van der Waals surface area contributed by atoms with E-state index in [-0.39, 0.29) is 11.4 Å². The Bertz CT molecular complexity index is 1180. The van der Waals surface area contributed by atoms with E-state index in [1.165, 1.54) is 0 Å². The first-order chi connectivity index (χ1) is 14.7. The minimum Gasteiger partial charge on any atom is -0.391 e. The zero-order chi connectivity index (χ0) is 22.7. The van der Waals surface area contributed by atoms with Crippen molar-refractivity contribution in [2.24, 2.45) is 0 Å². The Morgan fingerprint density at radius 2 is 1.68 bits per heavy atom. The predicted octanol–water partition coefficient (Wildman–Crippen LogP) is 4.64. The predicted molar refractivity (Wildman–Crippen MR) is 128 cm³/mol. The maximum absolute atomic E-state index is 16.2. The van der Waals surface area contributed by atoms with Gasteiger partial charge in [-0.1, -0.05) is 26.0 Å². The zero-order valence-corrected chi connectivity index (χ0v) is 20.3. The monoisotopic (exact) mass is 538 g/mol. The maximum atomic E-state index is 16.2. The average Bonchev–Trinajstić information content (AvgIpc) is 3.21. The Morgan fingerprint density at radius 3 is 2.19 bits per heavy atom. The van der Waals surface area contributed by atoms with Crippen molar-refractivity contribution in [2.45, 2.75) is 47.1 Å². The molecule has 0 atom stereocenters. The molecule has 164 valence electrons. The number of benzene rings is 1. The summed E-state index contributed by atoms with van der Waals surface area (Å²) in [7, 11) is 0. The molecule has 4 nitrogen and oxygen atoms in total. The molecule has 0 saturated carbocycles. The number of halogens is 3. The topological polar surface area (TPSA) is 48.4 Å². The van der Waals surface area contributed by atoms with Crippen LogP contribution in [-0.2, 0) is 13.0 Å². The van der Waals surface area contributed by atoms with Crippen molar-refractivity contribution >= 4 is 40.8 Å². The van der Waals surface area contributed by atoms with Crippen LogP contribution in [0.1, 0.15) is 55.3 Å². The lowest BCUT2D eigenvalue weighted by molar-refractivity contribution is -0.365. The van der Waals surface area contributed by atoms with Gasteiger partial charge in [-0.25, -0.2) is 0 Å². The van der Waals surface area contributed by atoms with E-state index < -0.39 is 20.2 Å². The van der Waals surface area contributed by atoms with E-state index in [0.29, 0.717) is 24.2 Å². The highest BCUT2D eigenvalue weighted by Gasteiger charge is 2.57. The highest BCUT2D eigenvalue weighted by Crippen LogP contribution is 2.47. The molecular weight excluding hydrogens is 512 g/mol. The molecule has 0 aliphatic carbocycles. The summed E-state index contributed by atoms with van der Waals surface area (Å²) in [5.74, 6) is 0. The number of rotatable bonds is 5. The first-order valence-electron chi connectivity index (χ1n) is 10.6. The molecule has 2 aliphatic heterocycles. The standard InChI is InChI=1S/C23H26BF2IN2O2/c1-5-17-13(3)22-21(15-7-9-16(27)10-8-15)23-14(4)18(6-2)20(12-31)29(23)24(25,26)28(22)19(17)11-30/h7-10,30-31H,5-6,11-12H2,1-4H3. The van der Waals surface area contributed by atoms with Crippen LogP contribution in [0.15, 0.2) is 41.1 Å². The Kier molecular flexibility index (Phi) is 5.77. The van der Waals surface area contributed by atoms with Crippen molar-refractivity contribution in [1.29, 1.82) is 0 Å². The van der Waals surface area contributed by atoms with E-state index in [9.17, 15) is 10.2 Å². The average molecular weight is 538 g/mol. The summed E-state index contributed by atoms with van der Waals surface area (Å²) in [6.07, 6.45) is 1.10. The molecule has 4 rings (SSSR count). The molecule has 3 heterocycles. The lowest BCUT2D eigenvalue weighted by Crippen LogP contribution is -2.52. The van der Waals surface area contributed by atoms with Gasteiger partial charge >= 0.3 is 6.97 Å². The molecule has 2 aromatic rings. The summed E-state index contributed by atoms with van der Waals surface area (Å²) in [4.78, 5) is 0. The van der Waals surface area contributed by atoms with Crippen molar-refractivity contribution in [3.8, 4) is 0 Å². The van der Waals surface area contributed by atoms with E-state index in [0.717, 1.165) is 45.9 Å². The minimum absolute atomic E-state index is 0.252. The summed E-state index contributed by atoms with van der Waals surface area (Å²) in [5.41, 5.74) is 6.06. The molecular formula is C23H26BF2IN2O2. The van der Waals surface area contributed by atoms with Crippen LogP contribution in [0.25, 0.3) is 5.57 Å². The number of aliphatic hydroxyl groups excluding tert-OH is 2. The summed E-state index contributed by atoms with van der Waals surface area (Å²) in [6, 6.07) is 7.84. The minimum atomic E-state index is -4.29. The second-order valence-electron chi connectivity index (χ2n) is 8.03. The van der Waals surface area contributed by atoms with E-state index in [1.54, 1.807) is 0 Å². The number of fused-ring (bicyclic) bond motifs is 2. The van der Waals surface area contributed by atoms with Gasteiger partial charge in [0.05, 0.1) is 12.2 Å². The van der Waals surface area contributed by atoms with Crippen LogP contribution in [0.5, 0.6) is 0 Å². The summed E-state index contributed by atoms with van der Waals surface area (Å²) in [6.45, 7) is 2.35. The van der Waals surface area contributed by atoms with Crippen molar-refractivity contribution < 1.29 is 23.3 Å². The Hall–Kier alpha value is -1.78. The van der Waals surface area contributed by atoms with Crippen LogP contribution >= 0.6 is 22.6 Å². The fourth-order valence-corrected chi connectivity index (χ4v) is 5.70. The molecule has 2 N–H and O–H groups in total. The Balaban J connectivity index is 2.24. The SMILES string of the molecule is CCC1=C(C)C2=C(c3ccc(I)cc3)c3c(C)c(CC)c(CO)n3[B-](F)(F)[N+]2=C1CO. The van der Waals surface area contributed by atoms with Crippen molar-refractivity contribution in [1.82, 2.24) is 4.48 Å². The first-order valence-corrected chi connectivity index (χ1v) is 11.6. The number of allylic oxidation sites excluding steroid dienone is 1. The molecule has 8 heteroatoms. The molecule has 0 bridgehead atoms. The number of aliphatic hydroxyl groups is 2. The number of hydrogen-bond donors (Lipinski definition) is 2. The smallest absolute Gasteiger partial charge is 0.391 e. The fraction of sp³-hybridized carbons (Fsp3) is 0.348. The van der Waals surface area contributed by atoms with Gasteiger partial charge in [0.2, 0.25) is 0 Å². The van der Waals surface area contributed by atoms with Crippen LogP contribution < -0.4 is 0 Å². The molecule has 1 aromatic carbocycles. The summed E-state index contributed by atoms with van der Waals surface area (Å²) < 4.78 is 35.7. The van der Waals surface area contributed by atoms with Crippen molar-refractivity contribution in [3.05, 3.63) is 72.8 Å². The van der Waals surface area contributed by atoms with Crippen LogP contribution in [0.3, 0.4) is 0 Å². The second kappa shape index (κ2) is 7.97. The highest BCUT2D eigenvalue weighted by molar-refractivity contribution is 14.1. The van der Waals surface area contributed by atoms with Gasteiger partial charge in [0.15, 0.2) is 11.4 Å². The van der Waals surface area contributed by atoms with Gasteiger partial charge < -0.3 is 27.8 Å². The van der Waals surface area contributed by atoms with Crippen LogP contribution in [0, 0.1) is 10.5 Å². The zero-order valence-electron chi connectivity index (χ0n) is 18.1. The molecule has 0 fully saturated rings. The van der Waals surface area contributed by atoms with Crippen LogP contribution in [0.4, 0.5) is 8.63 Å². The maximum Gasteiger partial charge on any atom is 0.737 e. The lowest BCUT2D eigenvalue weighted by atomic mass is 9.83. The number of aromatic nitrogens is 1. The molecule has 1 aromatic heterocycles. The number of nitrogens with zero attached hydrogens (tertiary/aromatic N) is 2. The third-order valence-corrected chi connectivity index (χ3v) is 7.33. The summed E-state index contributed by atoms with van der Waals surface area (Å²) in [5, 5.41) is 20.2. The molecule has 0 unspecified atom stereocenters. The van der Waals surface area contributed by atoms with E-state index in [4.69, 9.17) is 0 Å². The van der Waals surface area contributed by atoms with Crippen molar-refractivity contribution in [3.63, 3.8) is 0 Å². The van der Waals surface area contributed by atoms with Gasteiger partial charge in [0, 0.05) is 26.1 Å². The Morgan fingerprint density at radius 1 is 1.03 bits per heavy atom. The van der Waals surface area contributed by atoms with Gasteiger partial charge in [-0.15, -0.1) is 0 Å². The largest absolute Gasteiger partial charge is 0.737 e. The number of hydrogen-bond acceptors (Lipinski definition) is 2. The van der Waals surface area contributed by atoms with Gasteiger partial charge in [-0.3, -0.25) is 0 Å². The van der Waals surface area contributed by atoms with E-state index >= 15 is 8.63 Å². The van der Waals surface area contributed by atoms with Crippen molar-refractivity contribution in [2.75, 3.05) is 6.61 Å². The Labute approximate surface area is 194 Å². The van der Waals surface area contributed by atoms with Gasteiger partial charge in [-0.05, 0) is 78.1 Å². The fourth-order valence-electron chi connectivity index (χ4n) is 5.34. The lowest BCUT2D eigenvalue weighted by Gasteiger charge is -2.34. The first kappa shape index (κ1) is 22.4. The normalized spacial score (nSPS) is 17.6.